The minimum absolute atomic E-state index is 0.650. The van der Waals surface area contributed by atoms with E-state index in [1.165, 1.54) is 0 Å². The molecule has 0 spiro atoms. The minimum Gasteiger partial charge on any atom is -0.496 e. The Bertz CT molecular complexity index is 765. The molecule has 0 fully saturated rings. The van der Waals surface area contributed by atoms with E-state index in [-0.39, 0.29) is 0 Å². The van der Waals surface area contributed by atoms with Crippen LogP contribution in [0.4, 0.5) is 11.5 Å². The maximum atomic E-state index is 5.76. The molecule has 0 aliphatic heterocycles. The molecule has 4 N–H and O–H groups in total. The van der Waals surface area contributed by atoms with Gasteiger partial charge in [0.2, 0.25) is 0 Å². The van der Waals surface area contributed by atoms with Gasteiger partial charge in [0.1, 0.15) is 17.4 Å². The number of hydrogen-bond acceptors (Lipinski definition) is 5. The van der Waals surface area contributed by atoms with E-state index in [1.807, 2.05) is 31.3 Å². The van der Waals surface area contributed by atoms with Crippen molar-refractivity contribution in [3.8, 4) is 17.1 Å². The van der Waals surface area contributed by atoms with E-state index in [2.05, 4.69) is 20.3 Å². The molecule has 0 radical (unpaired) electrons. The van der Waals surface area contributed by atoms with E-state index < -0.39 is 0 Å². The summed E-state index contributed by atoms with van der Waals surface area (Å²) in [6.45, 7) is 0. The van der Waals surface area contributed by atoms with Gasteiger partial charge in [0.25, 0.3) is 0 Å². The number of hydrogen-bond donors (Lipinski definition) is 3. The number of nitrogen functional groups attached to an aromatic ring is 1. The molecule has 0 bridgehead atoms. The first-order valence-electron chi connectivity index (χ1n) is 6.19. The number of fused-ring (bicyclic) bond motifs is 1. The number of nitrogens with two attached hydrogens (primary N) is 1. The van der Waals surface area contributed by atoms with E-state index in [1.54, 1.807) is 13.2 Å². The predicted octanol–water partition coefficient (Wildman–Crippen LogP) is 2.26. The summed E-state index contributed by atoms with van der Waals surface area (Å²) in [4.78, 5) is 12.1. The number of benzene rings is 1. The number of rotatable bonds is 3. The fraction of sp³-hybridized carbons (Fsp3) is 0.143. The number of pyridine rings is 1. The Morgan fingerprint density at radius 3 is 2.80 bits per heavy atom. The zero-order valence-electron chi connectivity index (χ0n) is 11.3. The minimum atomic E-state index is 0.650. The van der Waals surface area contributed by atoms with Crippen LogP contribution in [0.3, 0.4) is 0 Å². The summed E-state index contributed by atoms with van der Waals surface area (Å²) < 4.78 is 5.35. The van der Waals surface area contributed by atoms with Crippen LogP contribution in [0.25, 0.3) is 22.6 Å². The Kier molecular flexibility index (Phi) is 2.90. The second-order valence-corrected chi connectivity index (χ2v) is 4.36. The second-order valence-electron chi connectivity index (χ2n) is 4.36. The normalized spacial score (nSPS) is 10.7. The molecule has 0 aliphatic carbocycles. The van der Waals surface area contributed by atoms with Crippen LogP contribution in [0.2, 0.25) is 0 Å². The Morgan fingerprint density at radius 1 is 1.20 bits per heavy atom. The van der Waals surface area contributed by atoms with Crippen LogP contribution in [0.5, 0.6) is 5.75 Å². The van der Waals surface area contributed by atoms with Crippen molar-refractivity contribution < 1.29 is 4.74 Å². The first-order valence-corrected chi connectivity index (χ1v) is 6.19. The van der Waals surface area contributed by atoms with Crippen LogP contribution < -0.4 is 15.8 Å². The highest BCUT2D eigenvalue weighted by molar-refractivity contribution is 5.79. The monoisotopic (exact) mass is 269 g/mol. The number of methoxy groups -OCH3 is 1. The smallest absolute Gasteiger partial charge is 0.180 e. The largest absolute Gasteiger partial charge is 0.496 e. The lowest BCUT2D eigenvalue weighted by molar-refractivity contribution is 0.416. The zero-order valence-corrected chi connectivity index (χ0v) is 11.3. The number of aromatic nitrogens is 3. The van der Waals surface area contributed by atoms with Gasteiger partial charge < -0.3 is 20.8 Å². The van der Waals surface area contributed by atoms with Crippen molar-refractivity contribution >= 4 is 22.7 Å². The number of H-pyrrole nitrogens is 1. The molecule has 0 saturated heterocycles. The quantitative estimate of drug-likeness (QED) is 0.635. The molecule has 0 saturated carbocycles. The van der Waals surface area contributed by atoms with Gasteiger partial charge in [-0.1, -0.05) is 0 Å². The Balaban J connectivity index is 2.14. The number of imidazole rings is 1. The fourth-order valence-electron chi connectivity index (χ4n) is 2.06. The first kappa shape index (κ1) is 12.3. The molecule has 0 atom stereocenters. The molecule has 2 heterocycles. The third kappa shape index (κ3) is 2.01. The summed E-state index contributed by atoms with van der Waals surface area (Å²) in [6.07, 6.45) is 0. The summed E-state index contributed by atoms with van der Waals surface area (Å²) in [5.74, 6) is 2.16. The van der Waals surface area contributed by atoms with Crippen molar-refractivity contribution in [2.24, 2.45) is 0 Å². The maximum absolute atomic E-state index is 5.76. The van der Waals surface area contributed by atoms with Gasteiger partial charge >= 0.3 is 0 Å². The highest BCUT2D eigenvalue weighted by Gasteiger charge is 2.11. The molecule has 0 unspecified atom stereocenters. The van der Waals surface area contributed by atoms with Crippen LogP contribution >= 0.6 is 0 Å². The van der Waals surface area contributed by atoms with Crippen molar-refractivity contribution in [3.05, 3.63) is 30.3 Å². The van der Waals surface area contributed by atoms with Crippen LogP contribution in [-0.2, 0) is 0 Å². The Morgan fingerprint density at radius 2 is 2.05 bits per heavy atom. The van der Waals surface area contributed by atoms with E-state index in [0.29, 0.717) is 22.9 Å². The van der Waals surface area contributed by atoms with Gasteiger partial charge in [-0.3, -0.25) is 0 Å². The highest BCUT2D eigenvalue weighted by Crippen LogP contribution is 2.30. The third-order valence-corrected chi connectivity index (χ3v) is 3.08. The predicted molar refractivity (Wildman–Crippen MR) is 79.8 cm³/mol. The van der Waals surface area contributed by atoms with E-state index in [0.717, 1.165) is 16.9 Å². The SMILES string of the molecule is CNc1ccc2[nH]c(-c3ccc(N)cc3OC)nc2n1. The van der Waals surface area contributed by atoms with Gasteiger partial charge in [-0.25, -0.2) is 9.97 Å². The summed E-state index contributed by atoms with van der Waals surface area (Å²) in [5.41, 5.74) is 8.80. The van der Waals surface area contributed by atoms with Crippen molar-refractivity contribution in [3.63, 3.8) is 0 Å². The molecule has 6 nitrogen and oxygen atoms in total. The number of nitrogens with one attached hydrogen (secondary N) is 2. The Labute approximate surface area is 116 Å². The Hall–Kier alpha value is -2.76. The summed E-state index contributed by atoms with van der Waals surface area (Å²) in [6, 6.07) is 9.30. The zero-order chi connectivity index (χ0) is 14.1. The lowest BCUT2D eigenvalue weighted by atomic mass is 10.1. The van der Waals surface area contributed by atoms with Gasteiger partial charge in [-0.15, -0.1) is 0 Å². The molecule has 1 aromatic carbocycles. The van der Waals surface area contributed by atoms with Crippen molar-refractivity contribution in [2.75, 3.05) is 25.2 Å². The lowest BCUT2D eigenvalue weighted by Gasteiger charge is -2.06. The number of anilines is 2. The van der Waals surface area contributed by atoms with E-state index >= 15 is 0 Å². The summed E-state index contributed by atoms with van der Waals surface area (Å²) in [7, 11) is 3.43. The lowest BCUT2D eigenvalue weighted by Crippen LogP contribution is -1.92. The maximum Gasteiger partial charge on any atom is 0.180 e. The molecule has 2 aromatic heterocycles. The highest BCUT2D eigenvalue weighted by atomic mass is 16.5. The van der Waals surface area contributed by atoms with Crippen molar-refractivity contribution in [1.29, 1.82) is 0 Å². The number of ether oxygens (including phenoxy) is 1. The molecule has 20 heavy (non-hydrogen) atoms. The number of aromatic amines is 1. The molecular formula is C14H15N5O. The van der Waals surface area contributed by atoms with Crippen molar-refractivity contribution in [2.45, 2.75) is 0 Å². The molecular weight excluding hydrogens is 254 g/mol. The standard InChI is InChI=1S/C14H15N5O/c1-16-12-6-5-10-14(18-12)19-13(17-10)9-4-3-8(15)7-11(9)20-2/h3-7H,15H2,1-2H3,(H2,16,17,18,19). The van der Waals surface area contributed by atoms with Gasteiger partial charge in [0, 0.05) is 18.8 Å². The summed E-state index contributed by atoms with van der Waals surface area (Å²) in [5, 5.41) is 2.99. The molecule has 0 amide bonds. The van der Waals surface area contributed by atoms with E-state index in [9.17, 15) is 0 Å². The molecule has 102 valence electrons. The van der Waals surface area contributed by atoms with Gasteiger partial charge in [0.05, 0.1) is 18.2 Å². The van der Waals surface area contributed by atoms with Gasteiger partial charge in [0.15, 0.2) is 5.65 Å². The topological polar surface area (TPSA) is 88.9 Å². The average molecular weight is 269 g/mol. The average Bonchev–Trinajstić information content (AvgIpc) is 2.89. The van der Waals surface area contributed by atoms with Crippen LogP contribution in [0, 0.1) is 0 Å². The van der Waals surface area contributed by atoms with E-state index in [4.69, 9.17) is 10.5 Å². The second kappa shape index (κ2) is 4.73. The molecule has 3 aromatic rings. The van der Waals surface area contributed by atoms with Crippen LogP contribution in [-0.4, -0.2) is 29.1 Å². The first-order chi connectivity index (χ1) is 9.71. The van der Waals surface area contributed by atoms with Crippen LogP contribution in [0.1, 0.15) is 0 Å². The fourth-order valence-corrected chi connectivity index (χ4v) is 2.06. The summed E-state index contributed by atoms with van der Waals surface area (Å²) >= 11 is 0. The van der Waals surface area contributed by atoms with Crippen molar-refractivity contribution in [1.82, 2.24) is 15.0 Å². The molecule has 3 rings (SSSR count). The molecule has 0 aliphatic rings. The molecule has 6 heteroatoms. The van der Waals surface area contributed by atoms with Crippen LogP contribution in [0.15, 0.2) is 30.3 Å². The van der Waals surface area contributed by atoms with Gasteiger partial charge in [-0.05, 0) is 24.3 Å². The van der Waals surface area contributed by atoms with Gasteiger partial charge in [-0.2, -0.15) is 0 Å². The number of nitrogens with zero attached hydrogens (tertiary/aromatic N) is 2. The third-order valence-electron chi connectivity index (χ3n) is 3.08.